The van der Waals surface area contributed by atoms with Gasteiger partial charge in [-0.3, -0.25) is 4.79 Å². The fourth-order valence-corrected chi connectivity index (χ4v) is 1.87. The molecule has 1 heterocycles. The first kappa shape index (κ1) is 13.3. The van der Waals surface area contributed by atoms with Crippen molar-refractivity contribution in [1.29, 1.82) is 0 Å². The second-order valence-corrected chi connectivity index (χ2v) is 4.49. The molecule has 0 atom stereocenters. The van der Waals surface area contributed by atoms with Gasteiger partial charge in [-0.1, -0.05) is 17.7 Å². The van der Waals surface area contributed by atoms with E-state index in [1.54, 1.807) is 19.1 Å². The Kier molecular flexibility index (Phi) is 3.66. The van der Waals surface area contributed by atoms with Gasteiger partial charge in [0.1, 0.15) is 0 Å². The zero-order valence-corrected chi connectivity index (χ0v) is 10.9. The molecule has 0 bridgehead atoms. The van der Waals surface area contributed by atoms with E-state index in [2.05, 4.69) is 5.10 Å². The third-order valence-electron chi connectivity index (χ3n) is 2.62. The summed E-state index contributed by atoms with van der Waals surface area (Å²) in [4.78, 5) is 22.4. The molecular weight excluding hydrogens is 268 g/mol. The standard InChI is InChI=1S/C13H11ClN2O3/c1-8-2-5-12(17)16(15-8)7-10-4-3-9(13(18)19)6-11(10)14/h2-6H,7H2,1H3,(H,18,19). The van der Waals surface area contributed by atoms with Crippen LogP contribution in [0.2, 0.25) is 5.02 Å². The first-order valence-corrected chi connectivity index (χ1v) is 5.91. The average molecular weight is 279 g/mol. The predicted molar refractivity (Wildman–Crippen MR) is 70.7 cm³/mol. The molecule has 0 saturated carbocycles. The number of carboxylic acids is 1. The van der Waals surface area contributed by atoms with Crippen molar-refractivity contribution in [3.05, 3.63) is 62.5 Å². The lowest BCUT2D eigenvalue weighted by atomic mass is 10.1. The van der Waals surface area contributed by atoms with Crippen molar-refractivity contribution in [3.8, 4) is 0 Å². The van der Waals surface area contributed by atoms with Crippen LogP contribution in [0.25, 0.3) is 0 Å². The summed E-state index contributed by atoms with van der Waals surface area (Å²) in [5, 5.41) is 13.2. The van der Waals surface area contributed by atoms with E-state index >= 15 is 0 Å². The molecule has 0 unspecified atom stereocenters. The van der Waals surface area contributed by atoms with Gasteiger partial charge in [0.25, 0.3) is 5.56 Å². The topological polar surface area (TPSA) is 72.2 Å². The van der Waals surface area contributed by atoms with E-state index < -0.39 is 5.97 Å². The fourth-order valence-electron chi connectivity index (χ4n) is 1.63. The van der Waals surface area contributed by atoms with Crippen molar-refractivity contribution >= 4 is 17.6 Å². The maximum atomic E-state index is 11.6. The van der Waals surface area contributed by atoms with Gasteiger partial charge in [-0.2, -0.15) is 5.10 Å². The highest BCUT2D eigenvalue weighted by atomic mass is 35.5. The van der Waals surface area contributed by atoms with Crippen LogP contribution < -0.4 is 5.56 Å². The van der Waals surface area contributed by atoms with Crippen molar-refractivity contribution in [2.24, 2.45) is 0 Å². The Bertz CT molecular complexity index is 695. The smallest absolute Gasteiger partial charge is 0.335 e. The summed E-state index contributed by atoms with van der Waals surface area (Å²) in [7, 11) is 0. The van der Waals surface area contributed by atoms with Crippen LogP contribution in [0.3, 0.4) is 0 Å². The Balaban J connectivity index is 2.36. The predicted octanol–water partition coefficient (Wildman–Crippen LogP) is 1.95. The monoisotopic (exact) mass is 278 g/mol. The van der Waals surface area contributed by atoms with Gasteiger partial charge in [-0.25, -0.2) is 9.48 Å². The number of aromatic carboxylic acids is 1. The van der Waals surface area contributed by atoms with E-state index in [1.165, 1.54) is 22.9 Å². The van der Waals surface area contributed by atoms with Crippen molar-refractivity contribution < 1.29 is 9.90 Å². The number of aromatic nitrogens is 2. The van der Waals surface area contributed by atoms with E-state index in [-0.39, 0.29) is 17.7 Å². The molecular formula is C13H11ClN2O3. The van der Waals surface area contributed by atoms with Gasteiger partial charge in [0.05, 0.1) is 17.8 Å². The number of benzene rings is 1. The molecule has 0 aliphatic carbocycles. The second-order valence-electron chi connectivity index (χ2n) is 4.08. The zero-order chi connectivity index (χ0) is 14.0. The average Bonchev–Trinajstić information content (AvgIpc) is 2.36. The van der Waals surface area contributed by atoms with Gasteiger partial charge in [0.2, 0.25) is 0 Å². The Labute approximate surface area is 114 Å². The summed E-state index contributed by atoms with van der Waals surface area (Å²) >= 11 is 6.01. The summed E-state index contributed by atoms with van der Waals surface area (Å²) in [5.41, 5.74) is 1.24. The molecule has 0 fully saturated rings. The third-order valence-corrected chi connectivity index (χ3v) is 2.97. The minimum absolute atomic E-state index is 0.110. The molecule has 1 aromatic carbocycles. The Morgan fingerprint density at radius 3 is 2.74 bits per heavy atom. The SMILES string of the molecule is Cc1ccc(=O)n(Cc2ccc(C(=O)O)cc2Cl)n1. The first-order chi connectivity index (χ1) is 8.97. The van der Waals surface area contributed by atoms with Gasteiger partial charge in [-0.05, 0) is 30.7 Å². The number of rotatable bonds is 3. The minimum atomic E-state index is -1.04. The summed E-state index contributed by atoms with van der Waals surface area (Å²) < 4.78 is 1.29. The molecule has 19 heavy (non-hydrogen) atoms. The van der Waals surface area contributed by atoms with Crippen LogP contribution in [0.15, 0.2) is 35.1 Å². The lowest BCUT2D eigenvalue weighted by Gasteiger charge is -2.07. The second kappa shape index (κ2) is 5.24. The van der Waals surface area contributed by atoms with Gasteiger partial charge in [0, 0.05) is 11.1 Å². The number of halogens is 1. The van der Waals surface area contributed by atoms with Crippen LogP contribution in [-0.2, 0) is 6.54 Å². The molecule has 1 N–H and O–H groups in total. The molecule has 0 saturated heterocycles. The van der Waals surface area contributed by atoms with Gasteiger partial charge in [-0.15, -0.1) is 0 Å². The van der Waals surface area contributed by atoms with Crippen molar-refractivity contribution in [1.82, 2.24) is 9.78 Å². The first-order valence-electron chi connectivity index (χ1n) is 5.54. The zero-order valence-electron chi connectivity index (χ0n) is 10.1. The lowest BCUT2D eigenvalue weighted by molar-refractivity contribution is 0.0697. The minimum Gasteiger partial charge on any atom is -0.478 e. The molecule has 6 heteroatoms. The summed E-state index contributed by atoms with van der Waals surface area (Å²) in [5.74, 6) is -1.04. The molecule has 98 valence electrons. The molecule has 5 nitrogen and oxygen atoms in total. The number of carboxylic acid groups (broad SMARTS) is 1. The lowest BCUT2D eigenvalue weighted by Crippen LogP contribution is -2.23. The maximum Gasteiger partial charge on any atom is 0.335 e. The maximum absolute atomic E-state index is 11.6. The van der Waals surface area contributed by atoms with E-state index in [9.17, 15) is 9.59 Å². The normalized spacial score (nSPS) is 10.4. The Morgan fingerprint density at radius 1 is 1.37 bits per heavy atom. The molecule has 0 amide bonds. The molecule has 2 aromatic rings. The molecule has 0 spiro atoms. The van der Waals surface area contributed by atoms with Crippen LogP contribution in [0.5, 0.6) is 0 Å². The van der Waals surface area contributed by atoms with Crippen LogP contribution in [0.4, 0.5) is 0 Å². The highest BCUT2D eigenvalue weighted by Gasteiger charge is 2.08. The number of hydrogen-bond acceptors (Lipinski definition) is 3. The highest BCUT2D eigenvalue weighted by molar-refractivity contribution is 6.31. The van der Waals surface area contributed by atoms with E-state index in [0.717, 1.165) is 5.69 Å². The Hall–Kier alpha value is -2.14. The van der Waals surface area contributed by atoms with Gasteiger partial charge >= 0.3 is 5.97 Å². The van der Waals surface area contributed by atoms with Crippen LogP contribution >= 0.6 is 11.6 Å². The number of carbonyl (C=O) groups is 1. The quantitative estimate of drug-likeness (QED) is 0.931. The summed E-state index contributed by atoms with van der Waals surface area (Å²) in [6.07, 6.45) is 0. The number of hydrogen-bond donors (Lipinski definition) is 1. The third kappa shape index (κ3) is 3.00. The highest BCUT2D eigenvalue weighted by Crippen LogP contribution is 2.18. The molecule has 0 aliphatic heterocycles. The van der Waals surface area contributed by atoms with E-state index in [4.69, 9.17) is 16.7 Å². The van der Waals surface area contributed by atoms with Crippen LogP contribution in [0, 0.1) is 6.92 Å². The van der Waals surface area contributed by atoms with Crippen molar-refractivity contribution in [2.45, 2.75) is 13.5 Å². The van der Waals surface area contributed by atoms with Crippen molar-refractivity contribution in [3.63, 3.8) is 0 Å². The largest absolute Gasteiger partial charge is 0.478 e. The molecule has 0 aliphatic rings. The Morgan fingerprint density at radius 2 is 2.11 bits per heavy atom. The van der Waals surface area contributed by atoms with E-state index in [1.807, 2.05) is 0 Å². The molecule has 2 rings (SSSR count). The fraction of sp³-hybridized carbons (Fsp3) is 0.154. The van der Waals surface area contributed by atoms with Crippen LogP contribution in [0.1, 0.15) is 21.6 Å². The van der Waals surface area contributed by atoms with Gasteiger partial charge < -0.3 is 5.11 Å². The summed E-state index contributed by atoms with van der Waals surface area (Å²) in [6, 6.07) is 7.46. The van der Waals surface area contributed by atoms with Gasteiger partial charge in [0.15, 0.2) is 0 Å². The number of aryl methyl sites for hydroxylation is 1. The van der Waals surface area contributed by atoms with Crippen LogP contribution in [-0.4, -0.2) is 20.9 Å². The number of nitrogens with zero attached hydrogens (tertiary/aromatic N) is 2. The van der Waals surface area contributed by atoms with Crippen molar-refractivity contribution in [2.75, 3.05) is 0 Å². The van der Waals surface area contributed by atoms with E-state index in [0.29, 0.717) is 10.6 Å². The molecule has 0 radical (unpaired) electrons. The summed E-state index contributed by atoms with van der Waals surface area (Å²) in [6.45, 7) is 1.99. The molecule has 1 aromatic heterocycles.